The Kier molecular flexibility index (Phi) is 3.95. The second kappa shape index (κ2) is 5.83. The van der Waals surface area contributed by atoms with Gasteiger partial charge in [-0.05, 0) is 23.3 Å². The number of nitro groups is 1. The lowest BCUT2D eigenvalue weighted by molar-refractivity contribution is -0.384. The molecule has 0 N–H and O–H groups in total. The fraction of sp³-hybridized carbons (Fsp3) is 0.0714. The fourth-order valence-corrected chi connectivity index (χ4v) is 1.57. The van der Waals surface area contributed by atoms with Gasteiger partial charge in [-0.1, -0.05) is 24.3 Å². The number of nitrogens with zero attached hydrogens (tertiary/aromatic N) is 1. The van der Waals surface area contributed by atoms with Gasteiger partial charge in [0.15, 0.2) is 0 Å². The number of ether oxygens (including phenoxy) is 1. The van der Waals surface area contributed by atoms with Crippen molar-refractivity contribution in [3.63, 3.8) is 0 Å². The molecule has 0 unspecified atom stereocenters. The molecule has 6 nitrogen and oxygen atoms in total. The maximum atomic E-state index is 10.6. The van der Waals surface area contributed by atoms with Crippen molar-refractivity contribution in [1.29, 1.82) is 0 Å². The van der Waals surface area contributed by atoms with Crippen molar-refractivity contribution in [1.82, 2.24) is 0 Å². The Morgan fingerprint density at radius 3 is 2.15 bits per heavy atom. The van der Waals surface area contributed by atoms with Gasteiger partial charge in [0.1, 0.15) is 12.4 Å². The SMILES string of the molecule is O=C([O-])c1ccc(COc2ccc([N+](=O)[O-])cc2)cc1. The van der Waals surface area contributed by atoms with Crippen LogP contribution in [0.4, 0.5) is 5.69 Å². The van der Waals surface area contributed by atoms with Gasteiger partial charge in [0.05, 0.1) is 10.9 Å². The molecule has 0 amide bonds. The van der Waals surface area contributed by atoms with Crippen LogP contribution in [0.2, 0.25) is 0 Å². The third kappa shape index (κ3) is 3.32. The Morgan fingerprint density at radius 2 is 1.65 bits per heavy atom. The second-order valence-electron chi connectivity index (χ2n) is 4.02. The molecule has 102 valence electrons. The lowest BCUT2D eigenvalue weighted by atomic mass is 10.1. The monoisotopic (exact) mass is 272 g/mol. The second-order valence-corrected chi connectivity index (χ2v) is 4.02. The largest absolute Gasteiger partial charge is 0.545 e. The molecule has 0 spiro atoms. The van der Waals surface area contributed by atoms with Crippen molar-refractivity contribution >= 4 is 11.7 Å². The number of hydrogen-bond acceptors (Lipinski definition) is 5. The molecule has 2 rings (SSSR count). The highest BCUT2D eigenvalue weighted by Gasteiger charge is 2.04. The molecule has 0 aliphatic rings. The number of carbonyl (C=O) groups excluding carboxylic acids is 1. The molecule has 0 radical (unpaired) electrons. The Bertz CT molecular complexity index is 562. The van der Waals surface area contributed by atoms with Crippen molar-refractivity contribution in [2.24, 2.45) is 0 Å². The van der Waals surface area contributed by atoms with Gasteiger partial charge in [-0.2, -0.15) is 0 Å². The third-order valence-electron chi connectivity index (χ3n) is 2.64. The molecular formula is C14H10NO5-. The van der Waals surface area contributed by atoms with Gasteiger partial charge < -0.3 is 14.6 Å². The zero-order valence-electron chi connectivity index (χ0n) is 10.3. The highest BCUT2D eigenvalue weighted by Crippen LogP contribution is 2.18. The van der Waals surface area contributed by atoms with Crippen molar-refractivity contribution in [3.05, 3.63) is 69.8 Å². The van der Waals surface area contributed by atoms with Crippen LogP contribution >= 0.6 is 0 Å². The van der Waals surface area contributed by atoms with Crippen LogP contribution in [0.1, 0.15) is 15.9 Å². The Labute approximate surface area is 114 Å². The van der Waals surface area contributed by atoms with Crippen molar-refractivity contribution in [3.8, 4) is 5.75 Å². The van der Waals surface area contributed by atoms with E-state index < -0.39 is 10.9 Å². The van der Waals surface area contributed by atoms with E-state index in [1.54, 1.807) is 12.1 Å². The molecule has 6 heteroatoms. The number of carboxylic acids is 1. The lowest BCUT2D eigenvalue weighted by Gasteiger charge is -2.07. The molecule has 20 heavy (non-hydrogen) atoms. The summed E-state index contributed by atoms with van der Waals surface area (Å²) in [5.41, 5.74) is 0.882. The minimum atomic E-state index is -1.23. The van der Waals surface area contributed by atoms with E-state index in [2.05, 4.69) is 0 Å². The third-order valence-corrected chi connectivity index (χ3v) is 2.64. The average molecular weight is 272 g/mol. The van der Waals surface area contributed by atoms with E-state index in [4.69, 9.17) is 4.74 Å². The predicted octanol–water partition coefficient (Wildman–Crippen LogP) is 1.54. The molecular weight excluding hydrogens is 262 g/mol. The van der Waals surface area contributed by atoms with Crippen LogP contribution < -0.4 is 9.84 Å². The van der Waals surface area contributed by atoms with Gasteiger partial charge in [-0.15, -0.1) is 0 Å². The molecule has 2 aromatic rings. The number of carbonyl (C=O) groups is 1. The summed E-state index contributed by atoms with van der Waals surface area (Å²) in [6.07, 6.45) is 0. The van der Waals surface area contributed by atoms with Gasteiger partial charge in [-0.3, -0.25) is 10.1 Å². The quantitative estimate of drug-likeness (QED) is 0.608. The predicted molar refractivity (Wildman–Crippen MR) is 68.2 cm³/mol. The zero-order valence-corrected chi connectivity index (χ0v) is 10.3. The summed E-state index contributed by atoms with van der Waals surface area (Å²) < 4.78 is 5.44. The highest BCUT2D eigenvalue weighted by atomic mass is 16.6. The molecule has 0 heterocycles. The summed E-state index contributed by atoms with van der Waals surface area (Å²) in [5, 5.41) is 21.1. The van der Waals surface area contributed by atoms with Crippen LogP contribution in [-0.2, 0) is 6.61 Å². The van der Waals surface area contributed by atoms with Crippen LogP contribution in [0.3, 0.4) is 0 Å². The molecule has 0 aliphatic carbocycles. The Balaban J connectivity index is 1.97. The Hall–Kier alpha value is -2.89. The summed E-state index contributed by atoms with van der Waals surface area (Å²) in [6, 6.07) is 11.8. The summed E-state index contributed by atoms with van der Waals surface area (Å²) in [5.74, 6) is -0.729. The minimum absolute atomic E-state index is 0.00402. The fourth-order valence-electron chi connectivity index (χ4n) is 1.57. The molecule has 0 atom stereocenters. The van der Waals surface area contributed by atoms with Crippen LogP contribution in [0.25, 0.3) is 0 Å². The summed E-state index contributed by atoms with van der Waals surface area (Å²) in [6.45, 7) is 0.241. The number of aromatic carboxylic acids is 1. The molecule has 0 fully saturated rings. The molecule has 0 aliphatic heterocycles. The van der Waals surface area contributed by atoms with E-state index in [0.29, 0.717) is 5.75 Å². The van der Waals surface area contributed by atoms with Gasteiger partial charge in [0, 0.05) is 12.1 Å². The summed E-state index contributed by atoms with van der Waals surface area (Å²) in [4.78, 5) is 20.6. The first-order chi connectivity index (χ1) is 9.56. The number of nitro benzene ring substituents is 1. The maximum Gasteiger partial charge on any atom is 0.269 e. The number of benzene rings is 2. The smallest absolute Gasteiger partial charge is 0.269 e. The normalized spacial score (nSPS) is 10.0. The molecule has 0 saturated carbocycles. The number of hydrogen-bond donors (Lipinski definition) is 0. The van der Waals surface area contributed by atoms with Gasteiger partial charge in [0.2, 0.25) is 0 Å². The van der Waals surface area contributed by atoms with Crippen LogP contribution in [-0.4, -0.2) is 10.9 Å². The molecule has 0 bridgehead atoms. The van der Waals surface area contributed by atoms with Crippen molar-refractivity contribution in [2.45, 2.75) is 6.61 Å². The van der Waals surface area contributed by atoms with Crippen molar-refractivity contribution < 1.29 is 19.6 Å². The average Bonchev–Trinajstić information content (AvgIpc) is 2.46. The Morgan fingerprint density at radius 1 is 1.05 bits per heavy atom. The van der Waals surface area contributed by atoms with Gasteiger partial charge >= 0.3 is 0 Å². The van der Waals surface area contributed by atoms with E-state index in [9.17, 15) is 20.0 Å². The lowest BCUT2D eigenvalue weighted by Crippen LogP contribution is -2.22. The van der Waals surface area contributed by atoms with Crippen LogP contribution in [0.5, 0.6) is 5.75 Å². The molecule has 0 aromatic heterocycles. The first kappa shape index (κ1) is 13.5. The molecule has 2 aromatic carbocycles. The highest BCUT2D eigenvalue weighted by molar-refractivity contribution is 5.85. The van der Waals surface area contributed by atoms with E-state index >= 15 is 0 Å². The number of carboxylic acid groups (broad SMARTS) is 1. The molecule has 0 saturated heterocycles. The summed E-state index contributed by atoms with van der Waals surface area (Å²) >= 11 is 0. The summed E-state index contributed by atoms with van der Waals surface area (Å²) in [7, 11) is 0. The number of rotatable bonds is 5. The van der Waals surface area contributed by atoms with E-state index in [0.717, 1.165) is 5.56 Å². The van der Waals surface area contributed by atoms with Gasteiger partial charge in [-0.25, -0.2) is 0 Å². The van der Waals surface area contributed by atoms with Crippen LogP contribution in [0.15, 0.2) is 48.5 Å². The van der Waals surface area contributed by atoms with E-state index in [1.165, 1.54) is 36.4 Å². The van der Waals surface area contributed by atoms with E-state index in [-0.39, 0.29) is 17.9 Å². The maximum absolute atomic E-state index is 10.6. The van der Waals surface area contributed by atoms with E-state index in [1.807, 2.05) is 0 Å². The zero-order chi connectivity index (χ0) is 14.5. The topological polar surface area (TPSA) is 92.5 Å². The first-order valence-electron chi connectivity index (χ1n) is 5.74. The standard InChI is InChI=1S/C14H11NO5/c16-14(17)11-3-1-10(2-4-11)9-20-13-7-5-12(6-8-13)15(18)19/h1-8H,9H2,(H,16,17)/p-1. The van der Waals surface area contributed by atoms with Crippen LogP contribution in [0, 0.1) is 10.1 Å². The van der Waals surface area contributed by atoms with Crippen molar-refractivity contribution in [2.75, 3.05) is 0 Å². The first-order valence-corrected chi connectivity index (χ1v) is 5.74. The minimum Gasteiger partial charge on any atom is -0.545 e. The van der Waals surface area contributed by atoms with Gasteiger partial charge in [0.25, 0.3) is 5.69 Å². The number of non-ortho nitro benzene ring substituents is 1.